The first-order valence-electron chi connectivity index (χ1n) is 14.2. The Balaban J connectivity index is 1.38. The number of carbonyl (C=O) groups is 1. The van der Waals surface area contributed by atoms with Gasteiger partial charge in [0, 0.05) is 24.3 Å². The summed E-state index contributed by atoms with van der Waals surface area (Å²) in [6.45, 7) is 4.04. The lowest BCUT2D eigenvalue weighted by Gasteiger charge is -2.48. The molecule has 1 aliphatic carbocycles. The third kappa shape index (κ3) is 6.63. The molecule has 3 atom stereocenters. The first-order valence-corrected chi connectivity index (χ1v) is 14.2. The van der Waals surface area contributed by atoms with Gasteiger partial charge in [0.2, 0.25) is 11.8 Å². The number of carbonyl (C=O) groups excluding carboxylic acids is 1. The van der Waals surface area contributed by atoms with Crippen LogP contribution < -0.4 is 20.1 Å². The molecule has 2 saturated heterocycles. The summed E-state index contributed by atoms with van der Waals surface area (Å²) in [5.74, 6) is -1.38. The maximum atomic E-state index is 14.0. The van der Waals surface area contributed by atoms with Gasteiger partial charge in [-0.1, -0.05) is 17.7 Å². The van der Waals surface area contributed by atoms with Gasteiger partial charge in [-0.2, -0.15) is 18.2 Å². The molecule has 10 nitrogen and oxygen atoms in total. The van der Waals surface area contributed by atoms with Crippen molar-refractivity contribution < 1.29 is 32.5 Å². The molecule has 13 heteroatoms. The minimum Gasteiger partial charge on any atom is -0.495 e. The summed E-state index contributed by atoms with van der Waals surface area (Å²) in [5.41, 5.74) is -0.860. The van der Waals surface area contributed by atoms with E-state index >= 15 is 0 Å². The first-order chi connectivity index (χ1) is 20.4. The molecule has 3 N–H and O–H groups in total. The fraction of sp³-hybridized carbons (Fsp3) is 0.500. The number of allylic oxidation sites excluding steroid dienone is 2. The highest BCUT2D eigenvalue weighted by Crippen LogP contribution is 2.42. The maximum absolute atomic E-state index is 14.0. The molecule has 2 aliphatic heterocycles. The van der Waals surface area contributed by atoms with E-state index in [-0.39, 0.29) is 23.6 Å². The van der Waals surface area contributed by atoms with Crippen LogP contribution in [0.15, 0.2) is 48.2 Å². The largest absolute Gasteiger partial charge is 0.495 e. The zero-order valence-corrected chi connectivity index (χ0v) is 24.6. The maximum Gasteiger partial charge on any atom is 0.423 e. The van der Waals surface area contributed by atoms with Crippen LogP contribution in [0.2, 0.25) is 0 Å². The monoisotopic (exact) mass is 602 g/mol. The molecule has 3 heterocycles. The van der Waals surface area contributed by atoms with E-state index in [1.807, 2.05) is 13.1 Å². The molecule has 1 aromatic heterocycles. The molecular weight excluding hydrogens is 565 g/mol. The molecule has 0 spiro atoms. The molecule has 1 amide bonds. The van der Waals surface area contributed by atoms with Crippen molar-refractivity contribution in [1.82, 2.24) is 25.1 Å². The molecule has 0 saturated carbocycles. The minimum atomic E-state index is -4.78. The van der Waals surface area contributed by atoms with Gasteiger partial charge in [0.15, 0.2) is 0 Å². The van der Waals surface area contributed by atoms with Crippen LogP contribution in [0.5, 0.6) is 11.6 Å². The number of hydrogen-bond acceptors (Lipinski definition) is 9. The van der Waals surface area contributed by atoms with Crippen LogP contribution in [-0.2, 0) is 6.18 Å². The van der Waals surface area contributed by atoms with Crippen molar-refractivity contribution >= 4 is 17.5 Å². The Morgan fingerprint density at radius 2 is 1.93 bits per heavy atom. The summed E-state index contributed by atoms with van der Waals surface area (Å²) in [4.78, 5) is 24.8. The number of nitrogens with zero attached hydrogens (tertiary/aromatic N) is 4. The molecule has 0 radical (unpaired) electrons. The Morgan fingerprint density at radius 1 is 1.19 bits per heavy atom. The average molecular weight is 603 g/mol. The Bertz CT molecular complexity index is 1400. The molecule has 2 fully saturated rings. The van der Waals surface area contributed by atoms with Crippen molar-refractivity contribution in [3.63, 3.8) is 0 Å². The zero-order valence-electron chi connectivity index (χ0n) is 24.6. The molecule has 5 rings (SSSR count). The van der Waals surface area contributed by atoms with Crippen molar-refractivity contribution in [2.75, 3.05) is 46.2 Å². The van der Waals surface area contributed by atoms with E-state index in [2.05, 4.69) is 25.5 Å². The van der Waals surface area contributed by atoms with Crippen LogP contribution in [0.4, 0.5) is 24.8 Å². The predicted octanol–water partition coefficient (Wildman–Crippen LogP) is 3.98. The number of aromatic nitrogens is 2. The Labute approximate surface area is 248 Å². The number of benzene rings is 1. The standard InChI is InChI=1S/C30H37F3N6O4/c1-29(41)25-18(10-15-39(29)3)6-5-7-23(25)43-27-21(30(31,32)33)17-34-28(37-27)36-22-9-8-19(16-24(22)42-4)26(40)35-20-11-13-38(2)14-12-20/h5-9,16-17,20,23,25,41H,10-15H2,1-4H3,(H,35,40)(H,34,36,37). The zero-order chi connectivity index (χ0) is 30.9. The van der Waals surface area contributed by atoms with Gasteiger partial charge in [-0.25, -0.2) is 4.98 Å². The Morgan fingerprint density at radius 3 is 2.63 bits per heavy atom. The van der Waals surface area contributed by atoms with Crippen LogP contribution in [0.25, 0.3) is 0 Å². The molecule has 43 heavy (non-hydrogen) atoms. The molecule has 0 bridgehead atoms. The Hall–Kier alpha value is -3.68. The van der Waals surface area contributed by atoms with Gasteiger partial charge in [0.05, 0.1) is 18.7 Å². The number of anilines is 2. The summed E-state index contributed by atoms with van der Waals surface area (Å²) in [5, 5.41) is 17.2. The smallest absolute Gasteiger partial charge is 0.423 e. The van der Waals surface area contributed by atoms with Gasteiger partial charge < -0.3 is 30.1 Å². The minimum absolute atomic E-state index is 0.0785. The summed E-state index contributed by atoms with van der Waals surface area (Å²) in [6, 6.07) is 4.81. The van der Waals surface area contributed by atoms with Crippen LogP contribution in [0.3, 0.4) is 0 Å². The van der Waals surface area contributed by atoms with Gasteiger partial charge in [-0.15, -0.1) is 0 Å². The number of piperidine rings is 2. The van der Waals surface area contributed by atoms with Crippen molar-refractivity contribution in [2.45, 2.75) is 50.2 Å². The lowest BCUT2D eigenvalue weighted by atomic mass is 9.76. The van der Waals surface area contributed by atoms with Crippen LogP contribution in [0, 0.1) is 5.92 Å². The highest BCUT2D eigenvalue weighted by molar-refractivity contribution is 5.95. The van der Waals surface area contributed by atoms with Gasteiger partial charge in [0.1, 0.15) is 23.1 Å². The molecule has 2 aromatic rings. The fourth-order valence-corrected chi connectivity index (χ4v) is 5.80. The van der Waals surface area contributed by atoms with Crippen LogP contribution >= 0.6 is 0 Å². The van der Waals surface area contributed by atoms with Gasteiger partial charge in [-0.05, 0) is 77.6 Å². The number of methoxy groups -OCH3 is 1. The number of hydrogen-bond donors (Lipinski definition) is 3. The quantitative estimate of drug-likeness (QED) is 0.434. The fourth-order valence-electron chi connectivity index (χ4n) is 5.80. The number of alkyl halides is 3. The number of nitrogens with one attached hydrogen (secondary N) is 2. The molecule has 1 aromatic carbocycles. The molecular formula is C30H37F3N6O4. The number of ether oxygens (including phenoxy) is 2. The second kappa shape index (κ2) is 12.1. The lowest BCUT2D eigenvalue weighted by Crippen LogP contribution is -2.58. The predicted molar refractivity (Wildman–Crippen MR) is 154 cm³/mol. The van der Waals surface area contributed by atoms with Crippen LogP contribution in [0.1, 0.15) is 42.1 Å². The van der Waals surface area contributed by atoms with Crippen molar-refractivity contribution in [3.8, 4) is 11.6 Å². The normalized spacial score (nSPS) is 25.1. The summed E-state index contributed by atoms with van der Waals surface area (Å²) < 4.78 is 53.4. The van der Waals surface area contributed by atoms with Crippen molar-refractivity contribution in [2.24, 2.45) is 5.92 Å². The van der Waals surface area contributed by atoms with E-state index in [9.17, 15) is 23.1 Å². The highest BCUT2D eigenvalue weighted by Gasteiger charge is 2.48. The van der Waals surface area contributed by atoms with E-state index in [0.29, 0.717) is 30.4 Å². The second-order valence-electron chi connectivity index (χ2n) is 11.5. The summed E-state index contributed by atoms with van der Waals surface area (Å²) in [6.07, 6.45) is 2.56. The Kier molecular flexibility index (Phi) is 8.68. The number of aliphatic hydroxyl groups is 1. The van der Waals surface area contributed by atoms with E-state index in [0.717, 1.165) is 31.5 Å². The van der Waals surface area contributed by atoms with E-state index in [1.165, 1.54) is 7.11 Å². The third-order valence-electron chi connectivity index (χ3n) is 8.51. The van der Waals surface area contributed by atoms with E-state index < -0.39 is 35.4 Å². The van der Waals surface area contributed by atoms with E-state index in [4.69, 9.17) is 9.47 Å². The number of amides is 1. The second-order valence-corrected chi connectivity index (χ2v) is 11.5. The van der Waals surface area contributed by atoms with Crippen molar-refractivity contribution in [1.29, 1.82) is 0 Å². The number of halogens is 3. The summed E-state index contributed by atoms with van der Waals surface area (Å²) >= 11 is 0. The first kappa shape index (κ1) is 30.8. The highest BCUT2D eigenvalue weighted by atomic mass is 19.4. The van der Waals surface area contributed by atoms with Gasteiger partial charge in [0.25, 0.3) is 5.91 Å². The SMILES string of the molecule is COc1cc(C(=O)NC2CCN(C)CC2)ccc1Nc1ncc(C(F)(F)F)c(OC2C=CC=C3CCN(C)C(C)(O)C32)n1. The average Bonchev–Trinajstić information content (AvgIpc) is 2.96. The van der Waals surface area contributed by atoms with Gasteiger partial charge >= 0.3 is 6.18 Å². The van der Waals surface area contributed by atoms with Gasteiger partial charge in [-0.3, -0.25) is 9.69 Å². The van der Waals surface area contributed by atoms with Crippen LogP contribution in [-0.4, -0.2) is 89.5 Å². The number of fused-ring (bicyclic) bond motifs is 1. The third-order valence-corrected chi connectivity index (χ3v) is 8.51. The number of likely N-dealkylation sites (tertiary alicyclic amines) is 2. The topological polar surface area (TPSA) is 112 Å². The molecule has 232 valence electrons. The molecule has 3 aliphatic rings. The lowest BCUT2D eigenvalue weighted by molar-refractivity contribution is -0.149. The van der Waals surface area contributed by atoms with E-state index in [1.54, 1.807) is 49.2 Å². The van der Waals surface area contributed by atoms with Crippen molar-refractivity contribution in [3.05, 3.63) is 59.3 Å². The molecule has 3 unspecified atom stereocenters. The number of rotatable bonds is 7. The summed E-state index contributed by atoms with van der Waals surface area (Å²) in [7, 11) is 5.23.